The fourth-order valence-electron chi connectivity index (χ4n) is 4.67. The average Bonchev–Trinajstić information content (AvgIpc) is 3.47. The summed E-state index contributed by atoms with van der Waals surface area (Å²) in [6.45, 7) is 2.02. The molecule has 0 amide bonds. The number of rotatable bonds is 9. The van der Waals surface area contributed by atoms with Crippen molar-refractivity contribution in [2.75, 3.05) is 13.2 Å². The van der Waals surface area contributed by atoms with Crippen molar-refractivity contribution >= 4 is 45.8 Å². The predicted molar refractivity (Wildman–Crippen MR) is 164 cm³/mol. The summed E-state index contributed by atoms with van der Waals surface area (Å²) in [7, 11) is 0. The van der Waals surface area contributed by atoms with Crippen LogP contribution in [-0.4, -0.2) is 42.9 Å². The Labute approximate surface area is 253 Å². The van der Waals surface area contributed by atoms with Crippen molar-refractivity contribution in [2.24, 2.45) is 0 Å². The van der Waals surface area contributed by atoms with Crippen LogP contribution in [0.1, 0.15) is 30.3 Å². The van der Waals surface area contributed by atoms with E-state index in [0.29, 0.717) is 33.4 Å². The lowest BCUT2D eigenvalue weighted by Gasteiger charge is -2.24. The Bertz CT molecular complexity index is 1680. The van der Waals surface area contributed by atoms with Crippen molar-refractivity contribution in [3.8, 4) is 34.1 Å². The maximum absolute atomic E-state index is 13.4. The summed E-state index contributed by atoms with van der Waals surface area (Å²) in [6, 6.07) is 21.3. The monoisotopic (exact) mass is 690 g/mol. The zero-order chi connectivity index (χ0) is 28.4. The number of halogens is 3. The van der Waals surface area contributed by atoms with E-state index >= 15 is 0 Å². The maximum atomic E-state index is 13.4. The molecular weight excluding hydrogens is 666 g/mol. The summed E-state index contributed by atoms with van der Waals surface area (Å²) >= 11 is 15.3. The minimum absolute atomic E-state index is 0.103. The number of aliphatic hydroxyl groups excluding tert-OH is 1. The van der Waals surface area contributed by atoms with E-state index in [0.717, 1.165) is 9.13 Å². The van der Waals surface area contributed by atoms with Crippen LogP contribution in [0.15, 0.2) is 77.6 Å². The topological polar surface area (TPSA) is 116 Å². The molecule has 2 atom stereocenters. The summed E-state index contributed by atoms with van der Waals surface area (Å²) in [6.07, 6.45) is 0. The van der Waals surface area contributed by atoms with Crippen molar-refractivity contribution < 1.29 is 14.9 Å². The Morgan fingerprint density at radius 1 is 1.05 bits per heavy atom. The average molecular weight is 691 g/mol. The first kappa shape index (κ1) is 28.3. The van der Waals surface area contributed by atoms with Gasteiger partial charge in [0.05, 0.1) is 11.6 Å². The van der Waals surface area contributed by atoms with Gasteiger partial charge >= 0.3 is 5.69 Å². The maximum Gasteiger partial charge on any atom is 0.329 e. The van der Waals surface area contributed by atoms with Gasteiger partial charge in [0, 0.05) is 20.6 Å². The van der Waals surface area contributed by atoms with Gasteiger partial charge in [-0.3, -0.25) is 4.57 Å². The summed E-state index contributed by atoms with van der Waals surface area (Å²) < 4.78 is 7.68. The lowest BCUT2D eigenvalue weighted by molar-refractivity contribution is 0.201. The molecule has 0 fully saturated rings. The van der Waals surface area contributed by atoms with E-state index < -0.39 is 11.7 Å². The molecule has 11 heteroatoms. The molecule has 0 radical (unpaired) electrons. The SMILES string of the molecule is C[C@@H](c1ccccc1)[C@@H](c1nc(-c2ccc(I)cc2Cl)c(Cl)[nH]1)n1c(O)c(-c2ccc(OCCO)cc2)[nH]c1=O. The quantitative estimate of drug-likeness (QED) is 0.130. The van der Waals surface area contributed by atoms with Gasteiger partial charge in [-0.2, -0.15) is 0 Å². The molecule has 0 aliphatic carbocycles. The van der Waals surface area contributed by atoms with Crippen LogP contribution in [0.5, 0.6) is 11.6 Å². The number of ether oxygens (including phenoxy) is 1. The molecule has 0 aliphatic rings. The van der Waals surface area contributed by atoms with Crippen LogP contribution in [0.3, 0.4) is 0 Å². The standard InChI is InChI=1S/C29H25Cl2IN4O4/c1-16(17-5-3-2-4-6-17)25(27-33-24(26(31)35-27)21-12-9-19(32)15-22(21)30)36-28(38)23(34-29(36)39)18-7-10-20(11-8-18)40-14-13-37/h2-12,15-16,25,37-38H,13-14H2,1H3,(H,33,35)(H,34,39)/t16-,25-/m0/s1. The van der Waals surface area contributed by atoms with Crippen molar-refractivity contribution in [3.63, 3.8) is 0 Å². The van der Waals surface area contributed by atoms with Gasteiger partial charge < -0.3 is 24.9 Å². The van der Waals surface area contributed by atoms with Gasteiger partial charge in [-0.05, 0) is 64.6 Å². The number of nitrogens with zero attached hydrogens (tertiary/aromatic N) is 2. The number of aliphatic hydroxyl groups is 1. The van der Waals surface area contributed by atoms with E-state index in [1.807, 2.05) is 55.5 Å². The largest absolute Gasteiger partial charge is 0.493 e. The van der Waals surface area contributed by atoms with Crippen LogP contribution >= 0.6 is 45.8 Å². The number of aromatic nitrogens is 4. The Kier molecular flexibility index (Phi) is 8.55. The van der Waals surface area contributed by atoms with Crippen molar-refractivity contribution in [2.45, 2.75) is 18.9 Å². The normalized spacial score (nSPS) is 12.8. The number of hydrogen-bond donors (Lipinski definition) is 4. The molecule has 0 unspecified atom stereocenters. The lowest BCUT2D eigenvalue weighted by Crippen LogP contribution is -2.27. The molecule has 3 aromatic carbocycles. The van der Waals surface area contributed by atoms with Crippen LogP contribution in [-0.2, 0) is 0 Å². The molecule has 206 valence electrons. The number of aromatic amines is 2. The predicted octanol–water partition coefficient (Wildman–Crippen LogP) is 6.61. The van der Waals surface area contributed by atoms with Crippen LogP contribution in [0.2, 0.25) is 10.2 Å². The molecule has 0 saturated carbocycles. The van der Waals surface area contributed by atoms with Gasteiger partial charge in [0.25, 0.3) is 0 Å². The number of nitrogens with one attached hydrogen (secondary N) is 2. The van der Waals surface area contributed by atoms with Gasteiger partial charge in [0.2, 0.25) is 5.88 Å². The van der Waals surface area contributed by atoms with E-state index in [-0.39, 0.29) is 35.9 Å². The molecular formula is C29H25Cl2IN4O4. The fraction of sp³-hybridized carbons (Fsp3) is 0.172. The summed E-state index contributed by atoms with van der Waals surface area (Å²) in [5.74, 6) is 0.400. The van der Waals surface area contributed by atoms with Crippen molar-refractivity contribution in [3.05, 3.63) is 108 Å². The highest BCUT2D eigenvalue weighted by atomic mass is 127. The van der Waals surface area contributed by atoms with E-state index in [9.17, 15) is 9.90 Å². The first-order valence-electron chi connectivity index (χ1n) is 12.4. The summed E-state index contributed by atoms with van der Waals surface area (Å²) in [4.78, 5) is 24.2. The number of imidazole rings is 2. The van der Waals surface area contributed by atoms with E-state index in [1.54, 1.807) is 24.3 Å². The molecule has 0 spiro atoms. The van der Waals surface area contributed by atoms with Crippen LogP contribution < -0.4 is 10.4 Å². The number of H-pyrrole nitrogens is 2. The number of hydrogen-bond acceptors (Lipinski definition) is 5. The van der Waals surface area contributed by atoms with E-state index in [1.165, 1.54) is 4.57 Å². The molecule has 2 heterocycles. The Hall–Kier alpha value is -3.25. The van der Waals surface area contributed by atoms with Gasteiger partial charge in [-0.1, -0.05) is 66.5 Å². The second kappa shape index (κ2) is 12.1. The number of aromatic hydroxyl groups is 1. The third-order valence-corrected chi connectivity index (χ3v) is 7.88. The molecule has 0 bridgehead atoms. The summed E-state index contributed by atoms with van der Waals surface area (Å²) in [5.41, 5.74) is 2.36. The van der Waals surface area contributed by atoms with Crippen LogP contribution in [0, 0.1) is 3.57 Å². The zero-order valence-corrected chi connectivity index (χ0v) is 24.9. The third kappa shape index (κ3) is 5.64. The van der Waals surface area contributed by atoms with Gasteiger partial charge in [0.15, 0.2) is 0 Å². The minimum atomic E-state index is -0.749. The molecule has 4 N–H and O–H groups in total. The summed E-state index contributed by atoms with van der Waals surface area (Å²) in [5, 5.41) is 21.2. The lowest BCUT2D eigenvalue weighted by atomic mass is 9.92. The Balaban J connectivity index is 1.62. The second-order valence-electron chi connectivity index (χ2n) is 9.15. The van der Waals surface area contributed by atoms with E-state index in [4.69, 9.17) is 38.0 Å². The van der Waals surface area contributed by atoms with Gasteiger partial charge in [-0.15, -0.1) is 0 Å². The first-order valence-corrected chi connectivity index (χ1v) is 14.2. The molecule has 5 rings (SSSR count). The molecule has 2 aromatic heterocycles. The molecule has 0 aliphatic heterocycles. The highest BCUT2D eigenvalue weighted by molar-refractivity contribution is 14.1. The van der Waals surface area contributed by atoms with Gasteiger partial charge in [-0.25, -0.2) is 9.78 Å². The molecule has 8 nitrogen and oxygen atoms in total. The Morgan fingerprint density at radius 2 is 1.77 bits per heavy atom. The second-order valence-corrected chi connectivity index (χ2v) is 11.2. The van der Waals surface area contributed by atoms with Crippen molar-refractivity contribution in [1.29, 1.82) is 0 Å². The molecule has 0 saturated heterocycles. The third-order valence-electron chi connectivity index (χ3n) is 6.63. The first-order chi connectivity index (χ1) is 19.3. The highest BCUT2D eigenvalue weighted by Gasteiger charge is 2.32. The molecule has 5 aromatic rings. The van der Waals surface area contributed by atoms with Crippen LogP contribution in [0.4, 0.5) is 0 Å². The highest BCUT2D eigenvalue weighted by Crippen LogP contribution is 2.40. The Morgan fingerprint density at radius 3 is 2.45 bits per heavy atom. The zero-order valence-electron chi connectivity index (χ0n) is 21.2. The minimum Gasteiger partial charge on any atom is -0.493 e. The smallest absolute Gasteiger partial charge is 0.329 e. The molecule has 40 heavy (non-hydrogen) atoms. The van der Waals surface area contributed by atoms with Gasteiger partial charge in [0.1, 0.15) is 40.8 Å². The fourth-order valence-corrected chi connectivity index (χ4v) is 5.86. The van der Waals surface area contributed by atoms with E-state index in [2.05, 4.69) is 32.6 Å². The number of benzene rings is 3. The van der Waals surface area contributed by atoms with Crippen LogP contribution in [0.25, 0.3) is 22.5 Å². The van der Waals surface area contributed by atoms with Crippen molar-refractivity contribution in [1.82, 2.24) is 19.5 Å².